The lowest BCUT2D eigenvalue weighted by Gasteiger charge is -2.17. The second kappa shape index (κ2) is 8.00. The zero-order valence-electron chi connectivity index (χ0n) is 13.9. The predicted octanol–water partition coefficient (Wildman–Crippen LogP) is 3.92. The normalized spacial score (nSPS) is 12.5. The molecule has 2 aromatic rings. The molecule has 0 saturated heterocycles. The van der Waals surface area contributed by atoms with Gasteiger partial charge in [-0.1, -0.05) is 37.3 Å². The molecule has 1 heterocycles. The molecule has 0 bridgehead atoms. The number of alkyl halides is 3. The Balaban J connectivity index is 2.15. The van der Waals surface area contributed by atoms with Crippen LogP contribution in [0.4, 0.5) is 13.2 Å². The Morgan fingerprint density at radius 1 is 1.28 bits per heavy atom. The van der Waals surface area contributed by atoms with Gasteiger partial charge in [-0.05, 0) is 18.1 Å². The van der Waals surface area contributed by atoms with Crippen LogP contribution in [0.25, 0.3) is 0 Å². The molecule has 134 valence electrons. The van der Waals surface area contributed by atoms with Crippen LogP contribution >= 0.6 is 0 Å². The minimum atomic E-state index is -4.51. The quantitative estimate of drug-likeness (QED) is 0.857. The summed E-state index contributed by atoms with van der Waals surface area (Å²) in [5.74, 6) is -0.569. The van der Waals surface area contributed by atoms with E-state index >= 15 is 0 Å². The number of amides is 1. The minimum absolute atomic E-state index is 0.0565. The summed E-state index contributed by atoms with van der Waals surface area (Å²) in [7, 11) is 1.32. The Morgan fingerprint density at radius 2 is 1.96 bits per heavy atom. The molecule has 0 saturated carbocycles. The largest absolute Gasteiger partial charge is 0.481 e. The van der Waals surface area contributed by atoms with Gasteiger partial charge in [0.1, 0.15) is 0 Å². The van der Waals surface area contributed by atoms with Crippen molar-refractivity contribution >= 4 is 5.91 Å². The number of nitrogens with one attached hydrogen (secondary N) is 1. The standard InChI is InChI=1S/C18H19F3N2O2/c1-3-15(12-7-5-4-6-8-12)16(24)22-10-13-9-14(18(19,20)21)11-23-17(13)25-2/h4-9,11,15H,3,10H2,1-2H3,(H,22,24). The highest BCUT2D eigenvalue weighted by atomic mass is 19.4. The van der Waals surface area contributed by atoms with E-state index in [9.17, 15) is 18.0 Å². The fourth-order valence-electron chi connectivity index (χ4n) is 2.53. The van der Waals surface area contributed by atoms with Crippen molar-refractivity contribution < 1.29 is 22.7 Å². The van der Waals surface area contributed by atoms with Gasteiger partial charge in [0, 0.05) is 18.3 Å². The predicted molar refractivity (Wildman–Crippen MR) is 87.1 cm³/mol. The molecular weight excluding hydrogens is 333 g/mol. The number of carbonyl (C=O) groups is 1. The van der Waals surface area contributed by atoms with Gasteiger partial charge in [-0.3, -0.25) is 4.79 Å². The second-order valence-electron chi connectivity index (χ2n) is 5.48. The third-order valence-electron chi connectivity index (χ3n) is 3.83. The monoisotopic (exact) mass is 352 g/mol. The van der Waals surface area contributed by atoms with Crippen molar-refractivity contribution in [3.05, 3.63) is 59.3 Å². The smallest absolute Gasteiger partial charge is 0.417 e. The first-order valence-corrected chi connectivity index (χ1v) is 7.79. The lowest BCUT2D eigenvalue weighted by atomic mass is 9.95. The van der Waals surface area contributed by atoms with Crippen molar-refractivity contribution in [2.24, 2.45) is 0 Å². The van der Waals surface area contributed by atoms with Gasteiger partial charge in [0.25, 0.3) is 0 Å². The van der Waals surface area contributed by atoms with Crippen LogP contribution in [0.15, 0.2) is 42.6 Å². The lowest BCUT2D eigenvalue weighted by Crippen LogP contribution is -2.29. The average Bonchev–Trinajstić information content (AvgIpc) is 2.60. The van der Waals surface area contributed by atoms with E-state index in [1.54, 1.807) is 0 Å². The third kappa shape index (κ3) is 4.71. The molecule has 1 unspecified atom stereocenters. The van der Waals surface area contributed by atoms with Crippen molar-refractivity contribution in [1.29, 1.82) is 0 Å². The molecule has 25 heavy (non-hydrogen) atoms. The van der Waals surface area contributed by atoms with Crippen LogP contribution in [-0.4, -0.2) is 18.0 Å². The number of methoxy groups -OCH3 is 1. The zero-order valence-corrected chi connectivity index (χ0v) is 13.9. The van der Waals surface area contributed by atoms with E-state index in [1.165, 1.54) is 7.11 Å². The Labute approximate surface area is 144 Å². The summed E-state index contributed by atoms with van der Waals surface area (Å²) >= 11 is 0. The number of ether oxygens (including phenoxy) is 1. The van der Waals surface area contributed by atoms with Crippen molar-refractivity contribution in [1.82, 2.24) is 10.3 Å². The van der Waals surface area contributed by atoms with E-state index in [2.05, 4.69) is 10.3 Å². The Morgan fingerprint density at radius 3 is 2.52 bits per heavy atom. The van der Waals surface area contributed by atoms with Gasteiger partial charge in [-0.15, -0.1) is 0 Å². The molecule has 4 nitrogen and oxygen atoms in total. The molecule has 0 aliphatic heterocycles. The fraction of sp³-hybridized carbons (Fsp3) is 0.333. The molecule has 1 atom stereocenters. The maximum absolute atomic E-state index is 12.8. The van der Waals surface area contributed by atoms with Crippen molar-refractivity contribution in [2.75, 3.05) is 7.11 Å². The Kier molecular flexibility index (Phi) is 6.01. The first-order valence-electron chi connectivity index (χ1n) is 7.79. The number of hydrogen-bond acceptors (Lipinski definition) is 3. The van der Waals surface area contributed by atoms with Gasteiger partial charge in [0.2, 0.25) is 11.8 Å². The molecule has 1 N–H and O–H groups in total. The van der Waals surface area contributed by atoms with Gasteiger partial charge in [0.05, 0.1) is 18.6 Å². The number of nitrogens with zero attached hydrogens (tertiary/aromatic N) is 1. The van der Waals surface area contributed by atoms with Crippen LogP contribution in [0, 0.1) is 0 Å². The summed E-state index contributed by atoms with van der Waals surface area (Å²) < 4.78 is 43.5. The van der Waals surface area contributed by atoms with Crippen LogP contribution in [-0.2, 0) is 17.5 Å². The summed E-state index contributed by atoms with van der Waals surface area (Å²) in [5.41, 5.74) is 0.151. The first-order chi connectivity index (χ1) is 11.9. The van der Waals surface area contributed by atoms with Gasteiger partial charge in [-0.25, -0.2) is 4.98 Å². The highest BCUT2D eigenvalue weighted by molar-refractivity contribution is 5.83. The number of hydrogen-bond donors (Lipinski definition) is 1. The molecular formula is C18H19F3N2O2. The van der Waals surface area contributed by atoms with E-state index in [-0.39, 0.29) is 29.8 Å². The molecule has 0 fully saturated rings. The lowest BCUT2D eigenvalue weighted by molar-refractivity contribution is -0.137. The molecule has 2 rings (SSSR count). The van der Waals surface area contributed by atoms with Gasteiger partial charge >= 0.3 is 6.18 Å². The molecule has 0 aliphatic rings. The summed E-state index contributed by atoms with van der Waals surface area (Å²) in [4.78, 5) is 16.1. The molecule has 0 radical (unpaired) electrons. The summed E-state index contributed by atoms with van der Waals surface area (Å²) in [6.07, 6.45) is -3.22. The number of halogens is 3. The van der Waals surface area contributed by atoms with Gasteiger partial charge in [-0.2, -0.15) is 13.2 Å². The number of benzene rings is 1. The number of rotatable bonds is 6. The first kappa shape index (κ1) is 18.8. The molecule has 1 amide bonds. The van der Waals surface area contributed by atoms with E-state index in [1.807, 2.05) is 37.3 Å². The van der Waals surface area contributed by atoms with Crippen LogP contribution in [0.3, 0.4) is 0 Å². The fourth-order valence-corrected chi connectivity index (χ4v) is 2.53. The van der Waals surface area contributed by atoms with Crippen LogP contribution in [0.1, 0.15) is 36.0 Å². The van der Waals surface area contributed by atoms with Gasteiger partial charge in [0.15, 0.2) is 0 Å². The SMILES string of the molecule is CCC(C(=O)NCc1cc(C(F)(F)F)cnc1OC)c1ccccc1. The van der Waals surface area contributed by atoms with Crippen molar-refractivity contribution in [2.45, 2.75) is 32.0 Å². The summed E-state index contributed by atoms with van der Waals surface area (Å²) in [6, 6.07) is 10.2. The van der Waals surface area contributed by atoms with Crippen molar-refractivity contribution in [3.63, 3.8) is 0 Å². The number of aromatic nitrogens is 1. The molecule has 0 aliphatic carbocycles. The number of carbonyl (C=O) groups excluding carboxylic acids is 1. The highest BCUT2D eigenvalue weighted by Gasteiger charge is 2.32. The van der Waals surface area contributed by atoms with Crippen molar-refractivity contribution in [3.8, 4) is 5.88 Å². The average molecular weight is 352 g/mol. The summed E-state index contributed by atoms with van der Waals surface area (Å²) in [5, 5.41) is 2.68. The van der Waals surface area contributed by atoms with E-state index in [0.717, 1.165) is 11.6 Å². The second-order valence-corrected chi connectivity index (χ2v) is 5.48. The van der Waals surface area contributed by atoms with Crippen LogP contribution in [0.2, 0.25) is 0 Å². The van der Waals surface area contributed by atoms with E-state index in [4.69, 9.17) is 4.74 Å². The topological polar surface area (TPSA) is 51.2 Å². The molecule has 7 heteroatoms. The highest BCUT2D eigenvalue weighted by Crippen LogP contribution is 2.31. The van der Waals surface area contributed by atoms with E-state index in [0.29, 0.717) is 12.6 Å². The third-order valence-corrected chi connectivity index (χ3v) is 3.83. The van der Waals surface area contributed by atoms with Crippen LogP contribution in [0.5, 0.6) is 5.88 Å². The molecule has 0 spiro atoms. The summed E-state index contributed by atoms with van der Waals surface area (Å²) in [6.45, 7) is 1.78. The van der Waals surface area contributed by atoms with E-state index < -0.39 is 11.7 Å². The number of pyridine rings is 1. The zero-order chi connectivity index (χ0) is 18.4. The van der Waals surface area contributed by atoms with Gasteiger partial charge < -0.3 is 10.1 Å². The minimum Gasteiger partial charge on any atom is -0.481 e. The Bertz CT molecular complexity index is 718. The maximum atomic E-state index is 12.8. The van der Waals surface area contributed by atoms with Crippen LogP contribution < -0.4 is 10.1 Å². The Hall–Kier alpha value is -2.57. The molecule has 1 aromatic heterocycles. The maximum Gasteiger partial charge on any atom is 0.417 e. The molecule has 1 aromatic carbocycles.